The minimum absolute atomic E-state index is 0.655. The van der Waals surface area contributed by atoms with Gasteiger partial charge in [0.05, 0.1) is 11.4 Å². The summed E-state index contributed by atoms with van der Waals surface area (Å²) in [6, 6.07) is 5.59. The normalized spacial score (nSPS) is 9.44. The summed E-state index contributed by atoms with van der Waals surface area (Å²) in [5, 5.41) is 0. The fourth-order valence-corrected chi connectivity index (χ4v) is 1.07. The first kappa shape index (κ1) is 6.67. The average Bonchev–Trinajstić information content (AvgIpc) is 1.83. The molecule has 48 valence electrons. The second kappa shape index (κ2) is 2.43. The van der Waals surface area contributed by atoms with Crippen molar-refractivity contribution in [1.29, 1.82) is 0 Å². The van der Waals surface area contributed by atoms with E-state index < -0.39 is 0 Å². The molecule has 0 radical (unpaired) electrons. The van der Waals surface area contributed by atoms with Crippen LogP contribution in [0.2, 0.25) is 0 Å². The van der Waals surface area contributed by atoms with E-state index in [1.165, 1.54) is 0 Å². The molecule has 1 rings (SSSR count). The molecule has 1 aromatic carbocycles. The van der Waals surface area contributed by atoms with Crippen molar-refractivity contribution in [3.63, 3.8) is 0 Å². The van der Waals surface area contributed by atoms with Gasteiger partial charge in [0.25, 0.3) is 0 Å². The monoisotopic (exact) mass is 234 g/mol. The first-order valence-electron chi connectivity index (χ1n) is 2.51. The Bertz CT molecular complexity index is 202. The lowest BCUT2D eigenvalue weighted by atomic mass is 10.3. The molecule has 0 saturated carbocycles. The minimum Gasteiger partial charge on any atom is -0.397 e. The highest BCUT2D eigenvalue weighted by molar-refractivity contribution is 14.1. The molecule has 0 aliphatic heterocycles. The summed E-state index contributed by atoms with van der Waals surface area (Å²) in [4.78, 5) is 0. The molecule has 2 nitrogen and oxygen atoms in total. The Morgan fingerprint density at radius 1 is 1.22 bits per heavy atom. The minimum atomic E-state index is 0.655. The zero-order valence-corrected chi connectivity index (χ0v) is 6.92. The molecule has 4 N–H and O–H groups in total. The van der Waals surface area contributed by atoms with Crippen molar-refractivity contribution in [3.8, 4) is 0 Å². The van der Waals surface area contributed by atoms with Crippen molar-refractivity contribution in [2.24, 2.45) is 0 Å². The van der Waals surface area contributed by atoms with E-state index in [0.29, 0.717) is 11.4 Å². The zero-order valence-electron chi connectivity index (χ0n) is 4.76. The number of hydrogen-bond donors (Lipinski definition) is 2. The van der Waals surface area contributed by atoms with Gasteiger partial charge in [0, 0.05) is 3.57 Å². The van der Waals surface area contributed by atoms with E-state index in [0.717, 1.165) is 3.57 Å². The summed E-state index contributed by atoms with van der Waals surface area (Å²) in [5.74, 6) is 0. The number of benzene rings is 1. The molecular weight excluding hydrogens is 227 g/mol. The maximum Gasteiger partial charge on any atom is 0.0683 e. The predicted molar refractivity (Wildman–Crippen MR) is 48.0 cm³/mol. The third-order valence-electron chi connectivity index (χ3n) is 1.09. The first-order chi connectivity index (χ1) is 4.22. The van der Waals surface area contributed by atoms with Crippen LogP contribution in [-0.4, -0.2) is 0 Å². The number of nitrogens with two attached hydrogens (primary N) is 2. The van der Waals surface area contributed by atoms with Gasteiger partial charge in [-0.2, -0.15) is 0 Å². The van der Waals surface area contributed by atoms with Crippen molar-refractivity contribution in [3.05, 3.63) is 21.8 Å². The largest absolute Gasteiger partial charge is 0.397 e. The smallest absolute Gasteiger partial charge is 0.0683 e. The molecule has 0 spiro atoms. The molecule has 0 atom stereocenters. The number of nitrogen functional groups attached to an aromatic ring is 2. The molecule has 9 heavy (non-hydrogen) atoms. The van der Waals surface area contributed by atoms with E-state index in [1.807, 2.05) is 12.1 Å². The summed E-state index contributed by atoms with van der Waals surface area (Å²) in [6.07, 6.45) is 0. The van der Waals surface area contributed by atoms with Crippen molar-refractivity contribution in [2.45, 2.75) is 0 Å². The Hall–Kier alpha value is -0.450. The maximum absolute atomic E-state index is 5.55. The van der Waals surface area contributed by atoms with E-state index >= 15 is 0 Å². The Labute approximate surface area is 67.4 Å². The summed E-state index contributed by atoms with van der Waals surface area (Å²) in [6.45, 7) is 0. The molecule has 0 unspecified atom stereocenters. The van der Waals surface area contributed by atoms with Gasteiger partial charge in [0.2, 0.25) is 0 Å². The average molecular weight is 234 g/mol. The van der Waals surface area contributed by atoms with Gasteiger partial charge in [0.1, 0.15) is 0 Å². The van der Waals surface area contributed by atoms with Gasteiger partial charge in [0.15, 0.2) is 0 Å². The van der Waals surface area contributed by atoms with Crippen LogP contribution in [0.1, 0.15) is 0 Å². The Morgan fingerprint density at radius 2 is 1.89 bits per heavy atom. The zero-order chi connectivity index (χ0) is 6.85. The Morgan fingerprint density at radius 3 is 2.33 bits per heavy atom. The van der Waals surface area contributed by atoms with Crippen LogP contribution in [0.25, 0.3) is 0 Å². The lowest BCUT2D eigenvalue weighted by molar-refractivity contribution is 1.62. The van der Waals surface area contributed by atoms with Crippen LogP contribution >= 0.6 is 22.6 Å². The first-order valence-corrected chi connectivity index (χ1v) is 3.59. The third kappa shape index (κ3) is 1.27. The number of rotatable bonds is 0. The van der Waals surface area contributed by atoms with E-state index in [-0.39, 0.29) is 0 Å². The molecule has 0 amide bonds. The van der Waals surface area contributed by atoms with Crippen LogP contribution in [0.15, 0.2) is 18.2 Å². The Kier molecular flexibility index (Phi) is 1.80. The van der Waals surface area contributed by atoms with Crippen LogP contribution in [0, 0.1) is 3.57 Å². The van der Waals surface area contributed by atoms with E-state index in [2.05, 4.69) is 22.6 Å². The second-order valence-electron chi connectivity index (χ2n) is 1.74. The molecular formula is C6H7IN2. The van der Waals surface area contributed by atoms with E-state index in [9.17, 15) is 0 Å². The van der Waals surface area contributed by atoms with Gasteiger partial charge in [-0.25, -0.2) is 0 Å². The molecule has 0 bridgehead atoms. The van der Waals surface area contributed by atoms with Crippen molar-refractivity contribution >= 4 is 34.0 Å². The highest BCUT2D eigenvalue weighted by atomic mass is 127. The number of anilines is 2. The van der Waals surface area contributed by atoms with Crippen LogP contribution in [-0.2, 0) is 0 Å². The van der Waals surface area contributed by atoms with Crippen molar-refractivity contribution in [1.82, 2.24) is 0 Å². The van der Waals surface area contributed by atoms with Gasteiger partial charge in [-0.15, -0.1) is 0 Å². The highest BCUT2D eigenvalue weighted by Gasteiger charge is 1.95. The molecule has 0 aliphatic rings. The Balaban J connectivity index is 3.25. The second-order valence-corrected chi connectivity index (χ2v) is 2.90. The molecule has 0 aromatic heterocycles. The third-order valence-corrected chi connectivity index (χ3v) is 2.03. The standard InChI is InChI=1S/C6H7IN2/c7-4-2-1-3-5(8)6(4)9/h1-3H,8-9H2. The number of para-hydroxylation sites is 1. The van der Waals surface area contributed by atoms with Crippen LogP contribution < -0.4 is 11.5 Å². The van der Waals surface area contributed by atoms with Gasteiger partial charge in [-0.3, -0.25) is 0 Å². The topological polar surface area (TPSA) is 52.0 Å². The number of halogens is 1. The summed E-state index contributed by atoms with van der Waals surface area (Å²) >= 11 is 2.14. The van der Waals surface area contributed by atoms with E-state index in [4.69, 9.17) is 11.5 Å². The predicted octanol–water partition coefficient (Wildman–Crippen LogP) is 1.46. The quantitative estimate of drug-likeness (QED) is 0.527. The lowest BCUT2D eigenvalue weighted by Gasteiger charge is -1.99. The molecule has 3 heteroatoms. The van der Waals surface area contributed by atoms with Gasteiger partial charge < -0.3 is 11.5 Å². The number of hydrogen-bond acceptors (Lipinski definition) is 2. The van der Waals surface area contributed by atoms with Crippen LogP contribution in [0.4, 0.5) is 11.4 Å². The fraction of sp³-hybridized carbons (Fsp3) is 0. The van der Waals surface area contributed by atoms with Crippen LogP contribution in [0.3, 0.4) is 0 Å². The highest BCUT2D eigenvalue weighted by Crippen LogP contribution is 2.20. The molecule has 0 heterocycles. The SMILES string of the molecule is Nc1cccc(I)c1N. The maximum atomic E-state index is 5.55. The molecule has 0 saturated heterocycles. The molecule has 0 fully saturated rings. The van der Waals surface area contributed by atoms with Gasteiger partial charge in [-0.1, -0.05) is 6.07 Å². The van der Waals surface area contributed by atoms with Gasteiger partial charge in [-0.05, 0) is 34.7 Å². The summed E-state index contributed by atoms with van der Waals surface area (Å²) in [7, 11) is 0. The molecule has 0 aliphatic carbocycles. The lowest BCUT2D eigenvalue weighted by Crippen LogP contribution is -1.95. The summed E-state index contributed by atoms with van der Waals surface area (Å²) in [5.41, 5.74) is 12.4. The summed E-state index contributed by atoms with van der Waals surface area (Å²) < 4.78 is 1.01. The van der Waals surface area contributed by atoms with Crippen molar-refractivity contribution < 1.29 is 0 Å². The van der Waals surface area contributed by atoms with E-state index in [1.54, 1.807) is 6.07 Å². The fourth-order valence-electron chi connectivity index (χ4n) is 0.554. The molecule has 1 aromatic rings. The van der Waals surface area contributed by atoms with Crippen LogP contribution in [0.5, 0.6) is 0 Å². The van der Waals surface area contributed by atoms with Crippen molar-refractivity contribution in [2.75, 3.05) is 11.5 Å². The van der Waals surface area contributed by atoms with Gasteiger partial charge >= 0.3 is 0 Å².